The van der Waals surface area contributed by atoms with Crippen molar-refractivity contribution < 1.29 is 18.1 Å². The maximum Gasteiger partial charge on any atom is 0.529 e. The van der Waals surface area contributed by atoms with Crippen LogP contribution in [-0.4, -0.2) is 14.2 Å². The first-order valence-electron chi connectivity index (χ1n) is 3.97. The molecule has 0 heterocycles. The van der Waals surface area contributed by atoms with E-state index in [1.54, 1.807) is 6.08 Å². The molecule has 0 aromatic heterocycles. The van der Waals surface area contributed by atoms with Crippen molar-refractivity contribution in [2.45, 2.75) is 12.8 Å². The van der Waals surface area contributed by atoms with Gasteiger partial charge >= 0.3 is 7.82 Å². The minimum Gasteiger partial charge on any atom is -0.409 e. The topological polar surface area (TPSA) is 44.8 Å². The minimum absolute atomic E-state index is 0.634. The van der Waals surface area contributed by atoms with Gasteiger partial charge in [0.1, 0.15) is 5.76 Å². The average Bonchev–Trinajstić information content (AvgIpc) is 2.19. The molecule has 0 unspecified atom stereocenters. The molecule has 13 heavy (non-hydrogen) atoms. The Morgan fingerprint density at radius 3 is 2.54 bits per heavy atom. The lowest BCUT2D eigenvalue weighted by Crippen LogP contribution is -1.97. The Balaban J connectivity index is 2.61. The van der Waals surface area contributed by atoms with E-state index in [0.29, 0.717) is 5.76 Å². The van der Waals surface area contributed by atoms with E-state index in [0.717, 1.165) is 12.8 Å². The van der Waals surface area contributed by atoms with E-state index < -0.39 is 7.82 Å². The quantitative estimate of drug-likeness (QED) is 0.660. The summed E-state index contributed by atoms with van der Waals surface area (Å²) >= 11 is 0. The van der Waals surface area contributed by atoms with E-state index >= 15 is 0 Å². The third-order valence-corrected chi connectivity index (χ3v) is 3.00. The molecule has 0 spiro atoms. The van der Waals surface area contributed by atoms with E-state index in [2.05, 4.69) is 9.05 Å². The van der Waals surface area contributed by atoms with Crippen LogP contribution < -0.4 is 0 Å². The molecule has 0 saturated heterocycles. The van der Waals surface area contributed by atoms with Gasteiger partial charge < -0.3 is 4.52 Å². The Bertz CT molecular complexity index is 261. The molecule has 4 nitrogen and oxygen atoms in total. The van der Waals surface area contributed by atoms with Crippen LogP contribution in [0.25, 0.3) is 0 Å². The first-order valence-corrected chi connectivity index (χ1v) is 5.43. The second kappa shape index (κ2) is 4.61. The molecule has 1 aliphatic rings. The molecule has 0 fully saturated rings. The number of phosphoric ester groups is 1. The summed E-state index contributed by atoms with van der Waals surface area (Å²) in [5.41, 5.74) is 0. The molecule has 0 aliphatic heterocycles. The Morgan fingerprint density at radius 1 is 1.38 bits per heavy atom. The predicted octanol–water partition coefficient (Wildman–Crippen LogP) is 2.64. The summed E-state index contributed by atoms with van der Waals surface area (Å²) < 4.78 is 25.9. The summed E-state index contributed by atoms with van der Waals surface area (Å²) in [6, 6.07) is 0. The molecule has 0 bridgehead atoms. The van der Waals surface area contributed by atoms with E-state index in [1.165, 1.54) is 14.2 Å². The van der Waals surface area contributed by atoms with Crippen LogP contribution in [0.1, 0.15) is 12.8 Å². The summed E-state index contributed by atoms with van der Waals surface area (Å²) in [5, 5.41) is 0. The van der Waals surface area contributed by atoms with Crippen molar-refractivity contribution in [2.75, 3.05) is 14.2 Å². The van der Waals surface area contributed by atoms with Crippen LogP contribution in [0.3, 0.4) is 0 Å². The van der Waals surface area contributed by atoms with Gasteiger partial charge in [-0.2, -0.15) is 0 Å². The van der Waals surface area contributed by atoms with Crippen LogP contribution >= 0.6 is 7.82 Å². The molecule has 0 radical (unpaired) electrons. The van der Waals surface area contributed by atoms with Crippen LogP contribution in [0, 0.1) is 0 Å². The highest BCUT2D eigenvalue weighted by Gasteiger charge is 2.25. The van der Waals surface area contributed by atoms with Gasteiger partial charge in [0.15, 0.2) is 0 Å². The van der Waals surface area contributed by atoms with Crippen LogP contribution in [0.5, 0.6) is 0 Å². The van der Waals surface area contributed by atoms with Crippen LogP contribution in [0.4, 0.5) is 0 Å². The molecular formula is C8H13O4P. The molecule has 0 atom stereocenters. The standard InChI is InChI=1S/C8H13O4P/c1-10-13(9,11-2)12-8-6-4-3-5-7-8/h3-4,6H,5,7H2,1-2H3. The van der Waals surface area contributed by atoms with Crippen LogP contribution in [0.2, 0.25) is 0 Å². The molecule has 1 aliphatic carbocycles. The zero-order valence-electron chi connectivity index (χ0n) is 7.73. The van der Waals surface area contributed by atoms with E-state index in [1.807, 2.05) is 12.2 Å². The van der Waals surface area contributed by atoms with Crippen molar-refractivity contribution in [1.82, 2.24) is 0 Å². The second-order valence-corrected chi connectivity index (χ2v) is 4.31. The summed E-state index contributed by atoms with van der Waals surface area (Å²) in [6.07, 6.45) is 7.24. The number of rotatable bonds is 4. The smallest absolute Gasteiger partial charge is 0.409 e. The van der Waals surface area contributed by atoms with Gasteiger partial charge in [-0.25, -0.2) is 4.57 Å². The van der Waals surface area contributed by atoms with Crippen LogP contribution in [0.15, 0.2) is 24.0 Å². The Kier molecular flexibility index (Phi) is 3.72. The summed E-state index contributed by atoms with van der Waals surface area (Å²) in [6.45, 7) is 0. The van der Waals surface area contributed by atoms with Crippen molar-refractivity contribution in [3.63, 3.8) is 0 Å². The second-order valence-electron chi connectivity index (χ2n) is 2.50. The molecule has 0 aromatic rings. The molecular weight excluding hydrogens is 191 g/mol. The van der Waals surface area contributed by atoms with Gasteiger partial charge in [-0.3, -0.25) is 9.05 Å². The average molecular weight is 204 g/mol. The fraction of sp³-hybridized carbons (Fsp3) is 0.500. The molecule has 5 heteroatoms. The van der Waals surface area contributed by atoms with Gasteiger partial charge in [-0.05, 0) is 12.5 Å². The number of phosphoric acid groups is 1. The van der Waals surface area contributed by atoms with Crippen molar-refractivity contribution in [1.29, 1.82) is 0 Å². The lowest BCUT2D eigenvalue weighted by atomic mass is 10.2. The molecule has 0 amide bonds. The Morgan fingerprint density at radius 2 is 2.08 bits per heavy atom. The molecule has 0 aromatic carbocycles. The largest absolute Gasteiger partial charge is 0.529 e. The monoisotopic (exact) mass is 204 g/mol. The normalized spacial score (nSPS) is 16.9. The maximum absolute atomic E-state index is 11.5. The van der Waals surface area contributed by atoms with Crippen LogP contribution in [-0.2, 0) is 18.1 Å². The SMILES string of the molecule is COP(=O)(OC)OC1=CC=CCC1. The zero-order chi connectivity index (χ0) is 9.73. The number of hydrogen-bond donors (Lipinski definition) is 0. The fourth-order valence-corrected chi connectivity index (χ4v) is 1.69. The van der Waals surface area contributed by atoms with Gasteiger partial charge in [-0.15, -0.1) is 0 Å². The minimum atomic E-state index is -3.35. The number of allylic oxidation sites excluding steroid dienone is 4. The summed E-state index contributed by atoms with van der Waals surface area (Å²) in [7, 11) is -0.762. The van der Waals surface area contributed by atoms with Gasteiger partial charge in [0.05, 0.1) is 0 Å². The zero-order valence-corrected chi connectivity index (χ0v) is 8.62. The molecule has 1 rings (SSSR count). The molecule has 74 valence electrons. The van der Waals surface area contributed by atoms with Gasteiger partial charge in [0.2, 0.25) is 0 Å². The highest BCUT2D eigenvalue weighted by molar-refractivity contribution is 7.48. The van der Waals surface area contributed by atoms with E-state index in [9.17, 15) is 4.57 Å². The third kappa shape index (κ3) is 2.99. The lowest BCUT2D eigenvalue weighted by molar-refractivity contribution is 0.179. The fourth-order valence-electron chi connectivity index (χ4n) is 0.949. The van der Waals surface area contributed by atoms with Crippen molar-refractivity contribution in [3.8, 4) is 0 Å². The Labute approximate surface area is 77.8 Å². The predicted molar refractivity (Wildman–Crippen MR) is 49.2 cm³/mol. The Hall–Kier alpha value is -0.570. The summed E-state index contributed by atoms with van der Waals surface area (Å²) in [5.74, 6) is 0.634. The first kappa shape index (κ1) is 10.5. The lowest BCUT2D eigenvalue weighted by Gasteiger charge is -2.17. The van der Waals surface area contributed by atoms with Gasteiger partial charge in [0, 0.05) is 20.6 Å². The number of hydrogen-bond acceptors (Lipinski definition) is 4. The molecule has 0 saturated carbocycles. The van der Waals surface area contributed by atoms with E-state index in [-0.39, 0.29) is 0 Å². The maximum atomic E-state index is 11.5. The highest BCUT2D eigenvalue weighted by Crippen LogP contribution is 2.50. The van der Waals surface area contributed by atoms with Crippen molar-refractivity contribution >= 4 is 7.82 Å². The highest BCUT2D eigenvalue weighted by atomic mass is 31.2. The van der Waals surface area contributed by atoms with Crippen molar-refractivity contribution in [3.05, 3.63) is 24.0 Å². The van der Waals surface area contributed by atoms with Gasteiger partial charge in [-0.1, -0.05) is 12.2 Å². The summed E-state index contributed by atoms with van der Waals surface area (Å²) in [4.78, 5) is 0. The van der Waals surface area contributed by atoms with E-state index in [4.69, 9.17) is 4.52 Å². The molecule has 0 N–H and O–H groups in total. The first-order chi connectivity index (χ1) is 6.20. The van der Waals surface area contributed by atoms with Gasteiger partial charge in [0.25, 0.3) is 0 Å². The third-order valence-electron chi connectivity index (χ3n) is 1.65. The van der Waals surface area contributed by atoms with Crippen molar-refractivity contribution in [2.24, 2.45) is 0 Å².